The molecule has 2 aliphatic heterocycles. The molecular formula is C15H17ClN2O4S. The summed E-state index contributed by atoms with van der Waals surface area (Å²) >= 11 is 6.11. The van der Waals surface area contributed by atoms with Gasteiger partial charge in [-0.1, -0.05) is 11.6 Å². The molecule has 0 saturated carbocycles. The Hall–Kier alpha value is -1.60. The second kappa shape index (κ2) is 6.13. The Morgan fingerprint density at radius 2 is 2.13 bits per heavy atom. The zero-order valence-electron chi connectivity index (χ0n) is 12.4. The van der Waals surface area contributed by atoms with Crippen molar-refractivity contribution in [3.8, 4) is 0 Å². The van der Waals surface area contributed by atoms with Gasteiger partial charge >= 0.3 is 0 Å². The van der Waals surface area contributed by atoms with Gasteiger partial charge in [0.05, 0.1) is 28.1 Å². The summed E-state index contributed by atoms with van der Waals surface area (Å²) in [7, 11) is -3.12. The minimum absolute atomic E-state index is 0.0428. The third-order valence-corrected chi connectivity index (χ3v) is 6.29. The van der Waals surface area contributed by atoms with Crippen molar-refractivity contribution < 1.29 is 18.0 Å². The molecule has 1 N–H and O–H groups in total. The van der Waals surface area contributed by atoms with E-state index >= 15 is 0 Å². The number of sulfone groups is 1. The predicted octanol–water partition coefficient (Wildman–Crippen LogP) is 1.84. The number of hydrogen-bond donors (Lipinski definition) is 1. The summed E-state index contributed by atoms with van der Waals surface area (Å²) in [6.45, 7) is 0.648. The van der Waals surface area contributed by atoms with Gasteiger partial charge in [-0.2, -0.15) is 0 Å². The molecule has 3 rings (SSSR count). The van der Waals surface area contributed by atoms with Crippen molar-refractivity contribution in [3.63, 3.8) is 0 Å². The van der Waals surface area contributed by atoms with E-state index in [9.17, 15) is 18.0 Å². The molecule has 0 aliphatic carbocycles. The Kier molecular flexibility index (Phi) is 4.33. The fraction of sp³-hybridized carbons (Fsp3) is 0.467. The van der Waals surface area contributed by atoms with Gasteiger partial charge in [-0.25, -0.2) is 8.42 Å². The normalized spacial score (nSPS) is 23.3. The molecule has 1 unspecified atom stereocenters. The predicted molar refractivity (Wildman–Crippen MR) is 88.4 cm³/mol. The number of nitrogens with zero attached hydrogens (tertiary/aromatic N) is 1. The van der Waals surface area contributed by atoms with Crippen molar-refractivity contribution >= 4 is 44.6 Å². The van der Waals surface area contributed by atoms with Gasteiger partial charge in [0.1, 0.15) is 0 Å². The Bertz CT molecular complexity index is 763. The second-order valence-electron chi connectivity index (χ2n) is 5.90. The van der Waals surface area contributed by atoms with Gasteiger partial charge in [-0.3, -0.25) is 9.59 Å². The number of carbonyl (C=O) groups is 2. The quantitative estimate of drug-likeness (QED) is 0.895. The first-order valence-electron chi connectivity index (χ1n) is 7.47. The highest BCUT2D eigenvalue weighted by atomic mass is 35.5. The van der Waals surface area contributed by atoms with Crippen LogP contribution in [0.3, 0.4) is 0 Å². The van der Waals surface area contributed by atoms with E-state index in [-0.39, 0.29) is 23.3 Å². The molecule has 2 heterocycles. The van der Waals surface area contributed by atoms with E-state index in [2.05, 4.69) is 5.32 Å². The summed E-state index contributed by atoms with van der Waals surface area (Å²) in [4.78, 5) is 25.7. The molecule has 8 heteroatoms. The fourth-order valence-electron chi connectivity index (χ4n) is 2.93. The molecule has 2 saturated heterocycles. The van der Waals surface area contributed by atoms with Crippen LogP contribution in [0.15, 0.2) is 18.2 Å². The number of carbonyl (C=O) groups excluding carboxylic acids is 2. The summed E-state index contributed by atoms with van der Waals surface area (Å²) in [5, 5.41) is 3.05. The Morgan fingerprint density at radius 1 is 1.35 bits per heavy atom. The maximum absolute atomic E-state index is 12.2. The van der Waals surface area contributed by atoms with Crippen LogP contribution in [0.5, 0.6) is 0 Å². The SMILES string of the molecule is O=C(Nc1cc(N2CCCC2=O)ccc1Cl)C1CCS(=O)(=O)C1. The van der Waals surface area contributed by atoms with E-state index in [1.54, 1.807) is 23.1 Å². The average molecular weight is 357 g/mol. The van der Waals surface area contributed by atoms with Crippen LogP contribution in [0.1, 0.15) is 19.3 Å². The summed E-state index contributed by atoms with van der Waals surface area (Å²) in [5.41, 5.74) is 1.09. The van der Waals surface area contributed by atoms with Crippen LogP contribution in [0.2, 0.25) is 5.02 Å². The molecular weight excluding hydrogens is 340 g/mol. The first-order chi connectivity index (χ1) is 10.9. The van der Waals surface area contributed by atoms with Crippen molar-refractivity contribution in [1.82, 2.24) is 0 Å². The largest absolute Gasteiger partial charge is 0.324 e. The van der Waals surface area contributed by atoms with Gasteiger partial charge in [-0.15, -0.1) is 0 Å². The van der Waals surface area contributed by atoms with Crippen molar-refractivity contribution in [2.24, 2.45) is 5.92 Å². The molecule has 2 amide bonds. The van der Waals surface area contributed by atoms with Crippen molar-refractivity contribution in [2.45, 2.75) is 19.3 Å². The number of amides is 2. The lowest BCUT2D eigenvalue weighted by Crippen LogP contribution is -2.25. The van der Waals surface area contributed by atoms with Crippen LogP contribution < -0.4 is 10.2 Å². The van der Waals surface area contributed by atoms with Gasteiger partial charge in [0, 0.05) is 18.7 Å². The monoisotopic (exact) mass is 356 g/mol. The Balaban J connectivity index is 1.77. The fourth-order valence-corrected chi connectivity index (χ4v) is 4.84. The lowest BCUT2D eigenvalue weighted by molar-refractivity contribution is -0.119. The molecule has 6 nitrogen and oxygen atoms in total. The molecule has 0 bridgehead atoms. The van der Waals surface area contributed by atoms with Gasteiger partial charge < -0.3 is 10.2 Å². The Labute approximate surface area is 139 Å². The molecule has 1 aromatic carbocycles. The maximum atomic E-state index is 12.2. The van der Waals surface area contributed by atoms with Crippen molar-refractivity contribution in [1.29, 1.82) is 0 Å². The van der Waals surface area contributed by atoms with E-state index < -0.39 is 15.8 Å². The van der Waals surface area contributed by atoms with Gasteiger partial charge in [0.2, 0.25) is 11.8 Å². The highest BCUT2D eigenvalue weighted by Crippen LogP contribution is 2.31. The first-order valence-corrected chi connectivity index (χ1v) is 9.67. The third-order valence-electron chi connectivity index (χ3n) is 4.20. The van der Waals surface area contributed by atoms with Crippen molar-refractivity contribution in [3.05, 3.63) is 23.2 Å². The van der Waals surface area contributed by atoms with Crippen LogP contribution in [-0.4, -0.2) is 38.3 Å². The smallest absolute Gasteiger partial charge is 0.228 e. The summed E-state index contributed by atoms with van der Waals surface area (Å²) in [5.74, 6) is -0.931. The summed E-state index contributed by atoms with van der Waals surface area (Å²) < 4.78 is 23.0. The van der Waals surface area contributed by atoms with Gasteiger partial charge in [0.15, 0.2) is 9.84 Å². The molecule has 2 fully saturated rings. The number of nitrogens with one attached hydrogen (secondary N) is 1. The molecule has 0 radical (unpaired) electrons. The van der Waals surface area contributed by atoms with Crippen molar-refractivity contribution in [2.75, 3.05) is 28.3 Å². The second-order valence-corrected chi connectivity index (χ2v) is 8.54. The van der Waals surface area contributed by atoms with Crippen LogP contribution in [0, 0.1) is 5.92 Å². The van der Waals surface area contributed by atoms with Gasteiger partial charge in [-0.05, 0) is 31.0 Å². The summed E-state index contributed by atoms with van der Waals surface area (Å²) in [6, 6.07) is 5.03. The van der Waals surface area contributed by atoms with Crippen LogP contribution in [0.4, 0.5) is 11.4 Å². The first kappa shape index (κ1) is 16.3. The van der Waals surface area contributed by atoms with Crippen LogP contribution in [-0.2, 0) is 19.4 Å². The number of rotatable bonds is 3. The van der Waals surface area contributed by atoms with Crippen LogP contribution >= 0.6 is 11.6 Å². The highest BCUT2D eigenvalue weighted by Gasteiger charge is 2.33. The van der Waals surface area contributed by atoms with Crippen LogP contribution in [0.25, 0.3) is 0 Å². The number of anilines is 2. The van der Waals surface area contributed by atoms with E-state index in [0.29, 0.717) is 35.8 Å². The molecule has 2 aliphatic rings. The Morgan fingerprint density at radius 3 is 2.74 bits per heavy atom. The number of hydrogen-bond acceptors (Lipinski definition) is 4. The zero-order chi connectivity index (χ0) is 16.6. The molecule has 23 heavy (non-hydrogen) atoms. The zero-order valence-corrected chi connectivity index (χ0v) is 14.0. The molecule has 1 aromatic rings. The molecule has 0 aromatic heterocycles. The van der Waals surface area contributed by atoms with E-state index in [4.69, 9.17) is 11.6 Å². The average Bonchev–Trinajstić information content (AvgIpc) is 3.07. The lowest BCUT2D eigenvalue weighted by Gasteiger charge is -2.18. The number of benzene rings is 1. The topological polar surface area (TPSA) is 83.6 Å². The highest BCUT2D eigenvalue weighted by molar-refractivity contribution is 7.91. The third kappa shape index (κ3) is 3.50. The standard InChI is InChI=1S/C15H17ClN2O4S/c16-12-4-3-11(18-6-1-2-14(18)19)8-13(12)17-15(20)10-5-7-23(21,22)9-10/h3-4,8,10H,1-2,5-7,9H2,(H,17,20). The molecule has 1 atom stereocenters. The minimum Gasteiger partial charge on any atom is -0.324 e. The maximum Gasteiger partial charge on any atom is 0.228 e. The molecule has 0 spiro atoms. The van der Waals surface area contributed by atoms with Gasteiger partial charge in [0.25, 0.3) is 0 Å². The number of halogens is 1. The van der Waals surface area contributed by atoms with E-state index in [1.807, 2.05) is 0 Å². The van der Waals surface area contributed by atoms with E-state index in [0.717, 1.165) is 6.42 Å². The minimum atomic E-state index is -3.12. The lowest BCUT2D eigenvalue weighted by atomic mass is 10.1. The molecule has 124 valence electrons. The van der Waals surface area contributed by atoms with E-state index in [1.165, 1.54) is 0 Å². The summed E-state index contributed by atoms with van der Waals surface area (Å²) in [6.07, 6.45) is 1.66.